The molecule has 1 aliphatic rings. The molecule has 0 bridgehead atoms. The summed E-state index contributed by atoms with van der Waals surface area (Å²) in [6.07, 6.45) is 0. The number of benzene rings is 2. The largest absolute Gasteiger partial charge is 0.335 e. The van der Waals surface area contributed by atoms with Gasteiger partial charge in [0.2, 0.25) is 0 Å². The van der Waals surface area contributed by atoms with Crippen molar-refractivity contribution in [2.24, 2.45) is 0 Å². The number of carbonyl (C=O) groups is 2. The van der Waals surface area contributed by atoms with E-state index in [2.05, 4.69) is 0 Å². The number of halogens is 2. The summed E-state index contributed by atoms with van der Waals surface area (Å²) in [4.78, 5) is 28.3. The molecule has 2 aromatic carbocycles. The maximum Gasteiger partial charge on any atom is 0.254 e. The lowest BCUT2D eigenvalue weighted by atomic mass is 10.1. The fraction of sp³-hybridized carbons (Fsp3) is 0.211. The lowest BCUT2D eigenvalue weighted by Crippen LogP contribution is -2.50. The molecule has 132 valence electrons. The van der Waals surface area contributed by atoms with Crippen molar-refractivity contribution in [3.05, 3.63) is 70.0 Å². The molecule has 1 saturated heterocycles. The second kappa shape index (κ2) is 7.54. The molecule has 1 aliphatic heterocycles. The summed E-state index contributed by atoms with van der Waals surface area (Å²) in [5, 5.41) is 9.33. The molecule has 1 heterocycles. The summed E-state index contributed by atoms with van der Waals surface area (Å²) < 4.78 is 13.0. The minimum atomic E-state index is -0.392. The van der Waals surface area contributed by atoms with E-state index in [0.29, 0.717) is 42.3 Å². The number of rotatable bonds is 2. The monoisotopic (exact) mass is 371 g/mol. The molecule has 1 fully saturated rings. The van der Waals surface area contributed by atoms with E-state index in [0.717, 1.165) is 0 Å². The van der Waals surface area contributed by atoms with E-state index in [1.807, 2.05) is 6.07 Å². The zero-order valence-electron chi connectivity index (χ0n) is 13.8. The van der Waals surface area contributed by atoms with Crippen molar-refractivity contribution < 1.29 is 14.0 Å². The average molecular weight is 372 g/mol. The lowest BCUT2D eigenvalue weighted by Gasteiger charge is -2.35. The quantitative estimate of drug-likeness (QED) is 0.815. The lowest BCUT2D eigenvalue weighted by molar-refractivity contribution is 0.0535. The molecule has 0 spiro atoms. The molecule has 7 heteroatoms. The number of hydrogen-bond donors (Lipinski definition) is 0. The van der Waals surface area contributed by atoms with E-state index in [9.17, 15) is 14.0 Å². The van der Waals surface area contributed by atoms with Gasteiger partial charge >= 0.3 is 0 Å². The molecule has 5 nitrogen and oxygen atoms in total. The van der Waals surface area contributed by atoms with Crippen molar-refractivity contribution in [2.75, 3.05) is 26.2 Å². The summed E-state index contributed by atoms with van der Waals surface area (Å²) >= 11 is 5.89. The first-order valence-electron chi connectivity index (χ1n) is 8.03. The van der Waals surface area contributed by atoms with Crippen molar-refractivity contribution >= 4 is 23.4 Å². The van der Waals surface area contributed by atoms with Crippen molar-refractivity contribution in [1.29, 1.82) is 5.26 Å². The SMILES string of the molecule is N#Cc1cc(C(=O)N2CCN(C(=O)c3ccc(F)cc3)CC2)ccc1Cl. The number of carbonyl (C=O) groups excluding carboxylic acids is 2. The summed E-state index contributed by atoms with van der Waals surface area (Å²) in [5.74, 6) is -0.779. The van der Waals surface area contributed by atoms with Crippen LogP contribution in [0.2, 0.25) is 5.02 Å². The van der Waals surface area contributed by atoms with E-state index < -0.39 is 5.82 Å². The third-order valence-electron chi connectivity index (χ3n) is 4.28. The van der Waals surface area contributed by atoms with E-state index >= 15 is 0 Å². The Morgan fingerprint density at radius 2 is 1.42 bits per heavy atom. The molecule has 0 radical (unpaired) electrons. The molecule has 0 aromatic heterocycles. The van der Waals surface area contributed by atoms with Crippen LogP contribution in [0.4, 0.5) is 4.39 Å². The van der Waals surface area contributed by atoms with Crippen LogP contribution in [0.25, 0.3) is 0 Å². The van der Waals surface area contributed by atoms with Crippen LogP contribution >= 0.6 is 11.6 Å². The highest BCUT2D eigenvalue weighted by atomic mass is 35.5. The van der Waals surface area contributed by atoms with Crippen LogP contribution in [0, 0.1) is 17.1 Å². The zero-order valence-corrected chi connectivity index (χ0v) is 14.5. The second-order valence-corrected chi connectivity index (χ2v) is 6.30. The van der Waals surface area contributed by atoms with Crippen molar-refractivity contribution in [2.45, 2.75) is 0 Å². The first kappa shape index (κ1) is 17.9. The smallest absolute Gasteiger partial charge is 0.254 e. The Balaban J connectivity index is 1.65. The van der Waals surface area contributed by atoms with Gasteiger partial charge in [0.1, 0.15) is 11.9 Å². The van der Waals surface area contributed by atoms with E-state index in [4.69, 9.17) is 16.9 Å². The van der Waals surface area contributed by atoms with Gasteiger partial charge in [-0.1, -0.05) is 11.6 Å². The fourth-order valence-electron chi connectivity index (χ4n) is 2.81. The molecule has 26 heavy (non-hydrogen) atoms. The van der Waals surface area contributed by atoms with Crippen LogP contribution < -0.4 is 0 Å². The van der Waals surface area contributed by atoms with Crippen LogP contribution in [0.5, 0.6) is 0 Å². The van der Waals surface area contributed by atoms with Crippen molar-refractivity contribution in [3.8, 4) is 6.07 Å². The third kappa shape index (κ3) is 3.68. The molecule has 0 unspecified atom stereocenters. The molecule has 0 saturated carbocycles. The van der Waals surface area contributed by atoms with Crippen LogP contribution in [0.1, 0.15) is 26.3 Å². The standard InChI is InChI=1S/C19H15ClFN3O2/c20-17-6-3-14(11-15(17)12-22)19(26)24-9-7-23(8-10-24)18(25)13-1-4-16(21)5-2-13/h1-6,11H,7-10H2. The number of amides is 2. The van der Waals surface area contributed by atoms with Gasteiger partial charge in [0.15, 0.2) is 0 Å². The Labute approximate surface area is 155 Å². The number of nitrogens with zero attached hydrogens (tertiary/aromatic N) is 3. The topological polar surface area (TPSA) is 64.4 Å². The number of hydrogen-bond acceptors (Lipinski definition) is 3. The van der Waals surface area contributed by atoms with E-state index in [1.54, 1.807) is 15.9 Å². The van der Waals surface area contributed by atoms with Gasteiger partial charge in [-0.25, -0.2) is 4.39 Å². The molecule has 2 aromatic rings. The molecular formula is C19H15ClFN3O2. The Hall–Kier alpha value is -2.91. The van der Waals surface area contributed by atoms with Gasteiger partial charge < -0.3 is 9.80 Å². The van der Waals surface area contributed by atoms with Gasteiger partial charge in [-0.2, -0.15) is 5.26 Å². The Bertz CT molecular complexity index is 885. The molecule has 2 amide bonds. The molecule has 0 N–H and O–H groups in total. The van der Waals surface area contributed by atoms with Gasteiger partial charge in [0.25, 0.3) is 11.8 Å². The predicted molar refractivity (Wildman–Crippen MR) is 94.4 cm³/mol. The summed E-state index contributed by atoms with van der Waals surface area (Å²) in [7, 11) is 0. The molecular weight excluding hydrogens is 357 g/mol. The van der Waals surface area contributed by atoms with Gasteiger partial charge in [0.05, 0.1) is 10.6 Å². The number of nitriles is 1. The Kier molecular flexibility index (Phi) is 5.19. The predicted octanol–water partition coefficient (Wildman–Crippen LogP) is 2.95. The minimum absolute atomic E-state index is 0.185. The first-order chi connectivity index (χ1) is 12.5. The van der Waals surface area contributed by atoms with Gasteiger partial charge in [-0.3, -0.25) is 9.59 Å². The van der Waals surface area contributed by atoms with E-state index in [1.165, 1.54) is 36.4 Å². The maximum atomic E-state index is 13.0. The van der Waals surface area contributed by atoms with Crippen LogP contribution in [-0.2, 0) is 0 Å². The molecule has 0 atom stereocenters. The van der Waals surface area contributed by atoms with Crippen LogP contribution in [-0.4, -0.2) is 47.8 Å². The molecule has 0 aliphatic carbocycles. The summed E-state index contributed by atoms with van der Waals surface area (Å²) in [6, 6.07) is 11.9. The number of piperazine rings is 1. The normalized spacial score (nSPS) is 14.0. The maximum absolute atomic E-state index is 13.0. The zero-order chi connectivity index (χ0) is 18.7. The first-order valence-corrected chi connectivity index (χ1v) is 8.41. The Morgan fingerprint density at radius 1 is 0.923 bits per heavy atom. The molecule has 3 rings (SSSR count). The highest BCUT2D eigenvalue weighted by Gasteiger charge is 2.25. The van der Waals surface area contributed by atoms with Gasteiger partial charge in [-0.15, -0.1) is 0 Å². The average Bonchev–Trinajstić information content (AvgIpc) is 2.68. The fourth-order valence-corrected chi connectivity index (χ4v) is 2.97. The highest BCUT2D eigenvalue weighted by Crippen LogP contribution is 2.19. The van der Waals surface area contributed by atoms with Gasteiger partial charge in [0, 0.05) is 37.3 Å². The van der Waals surface area contributed by atoms with E-state index in [-0.39, 0.29) is 17.4 Å². The Morgan fingerprint density at radius 3 is 1.96 bits per heavy atom. The van der Waals surface area contributed by atoms with Gasteiger partial charge in [-0.05, 0) is 42.5 Å². The minimum Gasteiger partial charge on any atom is -0.335 e. The highest BCUT2D eigenvalue weighted by molar-refractivity contribution is 6.31. The van der Waals surface area contributed by atoms with Crippen LogP contribution in [0.15, 0.2) is 42.5 Å². The second-order valence-electron chi connectivity index (χ2n) is 5.90. The van der Waals surface area contributed by atoms with Crippen LogP contribution in [0.3, 0.4) is 0 Å². The summed E-state index contributed by atoms with van der Waals surface area (Å²) in [5.41, 5.74) is 1.06. The van der Waals surface area contributed by atoms with Crippen molar-refractivity contribution in [3.63, 3.8) is 0 Å². The van der Waals surface area contributed by atoms with Crippen molar-refractivity contribution in [1.82, 2.24) is 9.80 Å². The summed E-state index contributed by atoms with van der Waals surface area (Å²) in [6.45, 7) is 1.55. The third-order valence-corrected chi connectivity index (χ3v) is 4.61.